The zero-order valence-electron chi connectivity index (χ0n) is 15.1. The van der Waals surface area contributed by atoms with Gasteiger partial charge in [-0.05, 0) is 30.3 Å². The Morgan fingerprint density at radius 2 is 1.70 bits per heavy atom. The van der Waals surface area contributed by atoms with E-state index in [1.807, 2.05) is 0 Å². The van der Waals surface area contributed by atoms with Crippen LogP contribution < -0.4 is 9.47 Å². The van der Waals surface area contributed by atoms with Crippen molar-refractivity contribution in [1.82, 2.24) is 9.80 Å². The highest BCUT2D eigenvalue weighted by Gasteiger charge is 2.25. The van der Waals surface area contributed by atoms with Crippen molar-refractivity contribution >= 4 is 23.4 Å². The number of methoxy groups -OCH3 is 1. The molecule has 142 valence electrons. The van der Waals surface area contributed by atoms with E-state index in [-0.39, 0.29) is 18.4 Å². The van der Waals surface area contributed by atoms with Gasteiger partial charge in [-0.3, -0.25) is 9.59 Å². The predicted molar refractivity (Wildman–Crippen MR) is 102 cm³/mol. The largest absolute Gasteiger partial charge is 0.497 e. The number of carbonyl (C=O) groups excluding carboxylic acids is 2. The number of amides is 2. The van der Waals surface area contributed by atoms with E-state index in [4.69, 9.17) is 21.1 Å². The van der Waals surface area contributed by atoms with Crippen LogP contribution in [0.3, 0.4) is 0 Å². The van der Waals surface area contributed by atoms with Gasteiger partial charge in [0.15, 0.2) is 6.61 Å². The molecule has 0 N–H and O–H groups in total. The summed E-state index contributed by atoms with van der Waals surface area (Å²) in [5, 5.41) is 0.471. The lowest BCUT2D eigenvalue weighted by atomic mass is 10.1. The Bertz CT molecular complexity index is 819. The summed E-state index contributed by atoms with van der Waals surface area (Å²) >= 11 is 6.02. The maximum absolute atomic E-state index is 12.6. The van der Waals surface area contributed by atoms with Gasteiger partial charge in [0.1, 0.15) is 11.5 Å². The Morgan fingerprint density at radius 1 is 1.00 bits per heavy atom. The van der Waals surface area contributed by atoms with Gasteiger partial charge in [0.25, 0.3) is 11.8 Å². The van der Waals surface area contributed by atoms with Gasteiger partial charge >= 0.3 is 0 Å². The van der Waals surface area contributed by atoms with E-state index in [1.165, 1.54) is 0 Å². The zero-order valence-corrected chi connectivity index (χ0v) is 15.8. The molecular weight excluding hydrogens is 368 g/mol. The number of nitrogens with zero attached hydrogens (tertiary/aromatic N) is 2. The number of rotatable bonds is 5. The summed E-state index contributed by atoms with van der Waals surface area (Å²) in [6.07, 6.45) is 0. The molecule has 0 aromatic heterocycles. The smallest absolute Gasteiger partial charge is 0.260 e. The zero-order chi connectivity index (χ0) is 19.2. The number of piperazine rings is 1. The minimum Gasteiger partial charge on any atom is -0.497 e. The molecule has 0 radical (unpaired) electrons. The Kier molecular flexibility index (Phi) is 6.19. The number of para-hydroxylation sites is 1. The highest BCUT2D eigenvalue weighted by molar-refractivity contribution is 6.32. The van der Waals surface area contributed by atoms with Crippen LogP contribution in [0.5, 0.6) is 11.5 Å². The van der Waals surface area contributed by atoms with Crippen LogP contribution >= 0.6 is 11.6 Å². The number of hydrogen-bond acceptors (Lipinski definition) is 4. The molecule has 0 atom stereocenters. The summed E-state index contributed by atoms with van der Waals surface area (Å²) in [6, 6.07) is 14.1. The van der Waals surface area contributed by atoms with Crippen molar-refractivity contribution < 1.29 is 19.1 Å². The maximum atomic E-state index is 12.6. The molecule has 7 heteroatoms. The summed E-state index contributed by atoms with van der Waals surface area (Å²) in [5.41, 5.74) is 0.580. The van der Waals surface area contributed by atoms with Crippen LogP contribution in [-0.4, -0.2) is 61.5 Å². The first-order valence-corrected chi connectivity index (χ1v) is 9.04. The highest BCUT2D eigenvalue weighted by atomic mass is 35.5. The second-order valence-corrected chi connectivity index (χ2v) is 6.53. The molecule has 27 heavy (non-hydrogen) atoms. The third-order valence-corrected chi connectivity index (χ3v) is 4.74. The molecule has 1 saturated heterocycles. The van der Waals surface area contributed by atoms with Crippen LogP contribution in [0.4, 0.5) is 0 Å². The third kappa shape index (κ3) is 4.71. The van der Waals surface area contributed by atoms with E-state index < -0.39 is 0 Å². The normalized spacial score (nSPS) is 14.0. The second-order valence-electron chi connectivity index (χ2n) is 6.12. The van der Waals surface area contributed by atoms with Crippen molar-refractivity contribution in [3.63, 3.8) is 0 Å². The van der Waals surface area contributed by atoms with Gasteiger partial charge in [-0.15, -0.1) is 0 Å². The van der Waals surface area contributed by atoms with Gasteiger partial charge in [0, 0.05) is 31.7 Å². The lowest BCUT2D eigenvalue weighted by Gasteiger charge is -2.34. The fraction of sp³-hybridized carbons (Fsp3) is 0.300. The van der Waals surface area contributed by atoms with Crippen LogP contribution in [-0.2, 0) is 4.79 Å². The molecule has 1 fully saturated rings. The van der Waals surface area contributed by atoms with Gasteiger partial charge in [-0.1, -0.05) is 29.8 Å². The fourth-order valence-corrected chi connectivity index (χ4v) is 3.08. The number of ether oxygens (including phenoxy) is 2. The van der Waals surface area contributed by atoms with Crippen LogP contribution in [0.1, 0.15) is 10.4 Å². The molecule has 0 spiro atoms. The Morgan fingerprint density at radius 3 is 2.41 bits per heavy atom. The van der Waals surface area contributed by atoms with Gasteiger partial charge in [0.2, 0.25) is 0 Å². The first kappa shape index (κ1) is 19.0. The average Bonchev–Trinajstić information content (AvgIpc) is 2.72. The summed E-state index contributed by atoms with van der Waals surface area (Å²) in [7, 11) is 1.57. The number of carbonyl (C=O) groups is 2. The van der Waals surface area contributed by atoms with Crippen LogP contribution in [0, 0.1) is 0 Å². The first-order chi connectivity index (χ1) is 13.1. The van der Waals surface area contributed by atoms with Gasteiger partial charge in [-0.25, -0.2) is 0 Å². The molecule has 2 amide bonds. The lowest BCUT2D eigenvalue weighted by molar-refractivity contribution is -0.134. The maximum Gasteiger partial charge on any atom is 0.260 e. The fourth-order valence-electron chi connectivity index (χ4n) is 2.89. The van der Waals surface area contributed by atoms with E-state index in [0.29, 0.717) is 48.3 Å². The predicted octanol–water partition coefficient (Wildman–Crippen LogP) is 2.71. The standard InChI is InChI=1S/C20H21ClN2O4/c1-26-16-6-4-5-15(13-16)20(25)23-11-9-22(10-12-23)19(24)14-27-18-8-3-2-7-17(18)21/h2-8,13H,9-12,14H2,1H3. The Balaban J connectivity index is 1.51. The molecule has 1 heterocycles. The van der Waals surface area contributed by atoms with Crippen LogP contribution in [0.15, 0.2) is 48.5 Å². The molecule has 0 bridgehead atoms. The number of hydrogen-bond donors (Lipinski definition) is 0. The first-order valence-electron chi connectivity index (χ1n) is 8.67. The minimum atomic E-state index is -0.122. The van der Waals surface area contributed by atoms with Crippen molar-refractivity contribution in [2.24, 2.45) is 0 Å². The van der Waals surface area contributed by atoms with Gasteiger partial charge in [0.05, 0.1) is 12.1 Å². The van der Waals surface area contributed by atoms with Crippen molar-refractivity contribution in [2.75, 3.05) is 39.9 Å². The molecule has 3 rings (SSSR count). The quantitative estimate of drug-likeness (QED) is 0.790. The summed E-state index contributed by atoms with van der Waals surface area (Å²) in [5.74, 6) is 0.947. The SMILES string of the molecule is COc1cccc(C(=O)N2CCN(C(=O)COc3ccccc3Cl)CC2)c1. The molecule has 0 unspecified atom stereocenters. The third-order valence-electron chi connectivity index (χ3n) is 4.42. The number of benzene rings is 2. The van der Waals surface area contributed by atoms with E-state index in [9.17, 15) is 9.59 Å². The Labute approximate surface area is 163 Å². The average molecular weight is 389 g/mol. The van der Waals surface area contributed by atoms with Crippen molar-refractivity contribution in [1.29, 1.82) is 0 Å². The molecular formula is C20H21ClN2O4. The van der Waals surface area contributed by atoms with E-state index >= 15 is 0 Å². The van der Waals surface area contributed by atoms with Gasteiger partial charge in [-0.2, -0.15) is 0 Å². The minimum absolute atomic E-state index is 0.0617. The van der Waals surface area contributed by atoms with E-state index in [1.54, 1.807) is 65.4 Å². The van der Waals surface area contributed by atoms with E-state index in [0.717, 1.165) is 0 Å². The number of halogens is 1. The summed E-state index contributed by atoms with van der Waals surface area (Å²) in [4.78, 5) is 28.4. The van der Waals surface area contributed by atoms with Gasteiger partial charge < -0.3 is 19.3 Å². The highest BCUT2D eigenvalue weighted by Crippen LogP contribution is 2.23. The van der Waals surface area contributed by atoms with Crippen molar-refractivity contribution in [3.8, 4) is 11.5 Å². The summed E-state index contributed by atoms with van der Waals surface area (Å²) in [6.45, 7) is 1.83. The second kappa shape index (κ2) is 8.77. The topological polar surface area (TPSA) is 59.1 Å². The van der Waals surface area contributed by atoms with Crippen molar-refractivity contribution in [2.45, 2.75) is 0 Å². The van der Waals surface area contributed by atoms with Crippen LogP contribution in [0.25, 0.3) is 0 Å². The molecule has 0 aliphatic carbocycles. The lowest BCUT2D eigenvalue weighted by Crippen LogP contribution is -2.51. The van der Waals surface area contributed by atoms with Crippen molar-refractivity contribution in [3.05, 3.63) is 59.1 Å². The van der Waals surface area contributed by atoms with Crippen LogP contribution in [0.2, 0.25) is 5.02 Å². The van der Waals surface area contributed by atoms with E-state index in [2.05, 4.69) is 0 Å². The molecule has 1 aliphatic rings. The monoisotopic (exact) mass is 388 g/mol. The summed E-state index contributed by atoms with van der Waals surface area (Å²) < 4.78 is 10.7. The molecule has 1 aliphatic heterocycles. The molecule has 2 aromatic carbocycles. The molecule has 0 saturated carbocycles. The molecule has 6 nitrogen and oxygen atoms in total. The molecule has 2 aromatic rings. The Hall–Kier alpha value is -2.73.